The highest BCUT2D eigenvalue weighted by molar-refractivity contribution is 4.48. The van der Waals surface area contributed by atoms with Crippen LogP contribution in [-0.4, -0.2) is 31.8 Å². The summed E-state index contributed by atoms with van der Waals surface area (Å²) in [6.45, 7) is 6.05. The molecule has 4 nitrogen and oxygen atoms in total. The zero-order chi connectivity index (χ0) is 22.8. The molecular formula is C26H58N2O2. The number of nitrogens with two attached hydrogens (primary N) is 1. The molecule has 0 saturated carbocycles. The van der Waals surface area contributed by atoms with E-state index in [4.69, 9.17) is 0 Å². The van der Waals surface area contributed by atoms with Gasteiger partial charge in [-0.2, -0.15) is 0 Å². The normalized spacial score (nSPS) is 11.4. The van der Waals surface area contributed by atoms with Crippen molar-refractivity contribution in [2.75, 3.05) is 27.2 Å². The first-order chi connectivity index (χ1) is 14.5. The predicted octanol–water partition coefficient (Wildman–Crippen LogP) is 7.45. The molecule has 0 aromatic rings. The third-order valence-electron chi connectivity index (χ3n) is 5.73. The summed E-state index contributed by atoms with van der Waals surface area (Å²) >= 11 is 0. The summed E-state index contributed by atoms with van der Waals surface area (Å²) in [7, 11) is 3.46. The number of quaternary nitrogens is 2. The lowest BCUT2D eigenvalue weighted by Crippen LogP contribution is -2.77. The molecule has 0 rings (SSSR count). The first kappa shape index (κ1) is 32.0. The maximum Gasteiger partial charge on any atom is 0.0779 e. The fourth-order valence-corrected chi connectivity index (χ4v) is 3.70. The molecule has 0 fully saturated rings. The van der Waals surface area contributed by atoms with E-state index < -0.39 is 0 Å². The molecule has 0 aromatic heterocycles. The van der Waals surface area contributed by atoms with Crippen molar-refractivity contribution in [3.8, 4) is 0 Å². The third-order valence-corrected chi connectivity index (χ3v) is 5.73. The topological polar surface area (TPSA) is 62.7 Å². The Morgan fingerprint density at radius 3 is 1.10 bits per heavy atom. The number of hydroxylamine groups is 4. The summed E-state index contributed by atoms with van der Waals surface area (Å²) in [5, 5.41) is 21.3. The number of nitrogens with zero attached hydrogens (tertiary/aromatic N) is 1. The summed E-state index contributed by atoms with van der Waals surface area (Å²) in [6.07, 6.45) is 26.8. The third kappa shape index (κ3) is 35.3. The summed E-state index contributed by atoms with van der Waals surface area (Å²) < 4.78 is -0.128. The maximum atomic E-state index is 11.3. The molecule has 0 spiro atoms. The fraction of sp³-hybridized carbons (Fsp3) is 1.00. The molecule has 2 N–H and O–H groups in total. The molecular weight excluding hydrogens is 372 g/mol. The van der Waals surface area contributed by atoms with Crippen LogP contribution < -0.4 is 5.48 Å². The van der Waals surface area contributed by atoms with Crippen LogP contribution in [0, 0.1) is 10.4 Å². The van der Waals surface area contributed by atoms with E-state index in [9.17, 15) is 10.4 Å². The van der Waals surface area contributed by atoms with Crippen LogP contribution in [0.3, 0.4) is 0 Å². The van der Waals surface area contributed by atoms with Crippen LogP contribution in [0.25, 0.3) is 0 Å². The van der Waals surface area contributed by atoms with Crippen LogP contribution in [0.1, 0.15) is 142 Å². The van der Waals surface area contributed by atoms with Gasteiger partial charge in [0.05, 0.1) is 27.2 Å². The smallest absolute Gasteiger partial charge is 0.0779 e. The van der Waals surface area contributed by atoms with Gasteiger partial charge in [0.2, 0.25) is 0 Å². The van der Waals surface area contributed by atoms with E-state index in [1.807, 2.05) is 0 Å². The number of rotatable bonds is 22. The van der Waals surface area contributed by atoms with Crippen LogP contribution in [0.4, 0.5) is 0 Å². The van der Waals surface area contributed by atoms with Crippen LogP contribution >= 0.6 is 0 Å². The molecule has 4 heteroatoms. The second-order valence-corrected chi connectivity index (χ2v) is 9.62. The monoisotopic (exact) mass is 430 g/mol. The highest BCUT2D eigenvalue weighted by Gasteiger charge is 2.00. The van der Waals surface area contributed by atoms with Crippen molar-refractivity contribution in [2.45, 2.75) is 142 Å². The zero-order valence-electron chi connectivity index (χ0n) is 21.4. The lowest BCUT2D eigenvalue weighted by molar-refractivity contribution is -0.840. The Balaban J connectivity index is 0. The molecule has 0 aliphatic carbocycles. The van der Waals surface area contributed by atoms with Crippen LogP contribution in [0.5, 0.6) is 0 Å². The Morgan fingerprint density at radius 2 is 0.800 bits per heavy atom. The summed E-state index contributed by atoms with van der Waals surface area (Å²) in [5.41, 5.74) is 1.03. The molecule has 0 atom stereocenters. The fourth-order valence-electron chi connectivity index (χ4n) is 3.70. The van der Waals surface area contributed by atoms with E-state index in [0.29, 0.717) is 0 Å². The van der Waals surface area contributed by atoms with Crippen molar-refractivity contribution >= 4 is 0 Å². The van der Waals surface area contributed by atoms with Gasteiger partial charge >= 0.3 is 0 Å². The van der Waals surface area contributed by atoms with Gasteiger partial charge in [0.1, 0.15) is 0 Å². The van der Waals surface area contributed by atoms with Crippen molar-refractivity contribution < 1.29 is 10.1 Å². The van der Waals surface area contributed by atoms with Crippen LogP contribution in [0.2, 0.25) is 0 Å². The average molecular weight is 431 g/mol. The van der Waals surface area contributed by atoms with E-state index in [1.165, 1.54) is 116 Å². The first-order valence-electron chi connectivity index (χ1n) is 13.5. The van der Waals surface area contributed by atoms with Crippen molar-refractivity contribution in [3.05, 3.63) is 10.4 Å². The minimum Gasteiger partial charge on any atom is -0.636 e. The minimum absolute atomic E-state index is 0.128. The number of hydrogen-bond donors (Lipinski definition) is 1. The van der Waals surface area contributed by atoms with E-state index in [2.05, 4.69) is 13.8 Å². The minimum atomic E-state index is -0.128. The molecule has 0 saturated heterocycles. The molecule has 0 unspecified atom stereocenters. The van der Waals surface area contributed by atoms with Gasteiger partial charge in [-0.15, -0.1) is 0 Å². The zero-order valence-corrected chi connectivity index (χ0v) is 21.4. The Bertz CT molecular complexity index is 281. The van der Waals surface area contributed by atoms with Crippen molar-refractivity contribution in [3.63, 3.8) is 0 Å². The standard InChI is InChI=1S/C14H31NO.C12H27NO/c1-4-5-6-7-8-9-10-11-12-13-14-15(2,3)16;1-2-3-4-5-6-7-8-9-10-11-12-13-14/h4-14H2,1-3H3;2-13H2,1H3. The summed E-state index contributed by atoms with van der Waals surface area (Å²) in [5.74, 6) is 0. The van der Waals surface area contributed by atoms with Gasteiger partial charge in [0.15, 0.2) is 0 Å². The number of unbranched alkanes of at least 4 members (excludes halogenated alkanes) is 18. The molecule has 0 heterocycles. The molecule has 0 radical (unpaired) electrons. The largest absolute Gasteiger partial charge is 0.636 e. The molecule has 0 amide bonds. The average Bonchev–Trinajstić information content (AvgIpc) is 2.70. The van der Waals surface area contributed by atoms with Crippen LogP contribution in [0.15, 0.2) is 0 Å². The quantitative estimate of drug-likeness (QED) is 0.110. The van der Waals surface area contributed by atoms with Gasteiger partial charge < -0.3 is 20.5 Å². The Labute approximate surface area is 190 Å². The summed E-state index contributed by atoms with van der Waals surface area (Å²) in [6, 6.07) is 0. The van der Waals surface area contributed by atoms with E-state index in [1.54, 1.807) is 14.1 Å². The van der Waals surface area contributed by atoms with E-state index in [0.717, 1.165) is 31.4 Å². The molecule has 184 valence electrons. The Kier molecular flexibility index (Phi) is 28.7. The molecule has 0 aliphatic rings. The highest BCUT2D eigenvalue weighted by Crippen LogP contribution is 2.11. The molecule has 0 bridgehead atoms. The molecule has 0 aromatic carbocycles. The van der Waals surface area contributed by atoms with Gasteiger partial charge in [-0.05, 0) is 25.7 Å². The van der Waals surface area contributed by atoms with Gasteiger partial charge in [-0.1, -0.05) is 117 Å². The van der Waals surface area contributed by atoms with E-state index >= 15 is 0 Å². The highest BCUT2D eigenvalue weighted by atomic mass is 16.5. The van der Waals surface area contributed by atoms with Gasteiger partial charge in [0, 0.05) is 0 Å². The van der Waals surface area contributed by atoms with Crippen molar-refractivity contribution in [1.29, 1.82) is 0 Å². The van der Waals surface area contributed by atoms with Crippen molar-refractivity contribution in [2.24, 2.45) is 0 Å². The van der Waals surface area contributed by atoms with Gasteiger partial charge in [0.25, 0.3) is 0 Å². The van der Waals surface area contributed by atoms with Gasteiger partial charge in [-0.25, -0.2) is 0 Å². The molecule has 0 aliphatic heterocycles. The SMILES string of the molecule is CCCCCCCCCCCC[N+](C)(C)[O-].CCCCCCCCCCCC[NH2+][O-]. The van der Waals surface area contributed by atoms with Gasteiger partial charge in [-0.3, -0.25) is 0 Å². The maximum absolute atomic E-state index is 11.3. The lowest BCUT2D eigenvalue weighted by Gasteiger charge is -2.33. The van der Waals surface area contributed by atoms with Crippen LogP contribution in [-0.2, 0) is 0 Å². The van der Waals surface area contributed by atoms with E-state index in [-0.39, 0.29) is 4.65 Å². The Hall–Kier alpha value is -0.160. The second-order valence-electron chi connectivity index (χ2n) is 9.62. The Morgan fingerprint density at radius 1 is 0.500 bits per heavy atom. The number of hydrogen-bond acceptors (Lipinski definition) is 2. The van der Waals surface area contributed by atoms with Crippen molar-refractivity contribution in [1.82, 2.24) is 0 Å². The second kappa shape index (κ2) is 26.9. The predicted molar refractivity (Wildman–Crippen MR) is 134 cm³/mol. The molecule has 30 heavy (non-hydrogen) atoms. The first-order valence-corrected chi connectivity index (χ1v) is 13.5. The summed E-state index contributed by atoms with van der Waals surface area (Å²) in [4.78, 5) is 0. The lowest BCUT2D eigenvalue weighted by atomic mass is 10.1.